The molecule has 1 saturated carbocycles. The number of aromatic nitrogens is 4. The number of amides is 1. The van der Waals surface area contributed by atoms with E-state index in [0.29, 0.717) is 30.1 Å². The van der Waals surface area contributed by atoms with E-state index in [2.05, 4.69) is 20.1 Å². The van der Waals surface area contributed by atoms with Gasteiger partial charge in [0.25, 0.3) is 5.91 Å². The third-order valence-electron chi connectivity index (χ3n) is 6.18. The topological polar surface area (TPSA) is 96.2 Å². The first-order valence-corrected chi connectivity index (χ1v) is 11.0. The Hall–Kier alpha value is -2.71. The SMILES string of the molecule is Cc1c(Nc2ncc3cc(Cl)c(C4CCN(C(=O)[C@@H](C)O)C4)cc3n2)cnn1C1CC1. The summed E-state index contributed by atoms with van der Waals surface area (Å²) in [6.07, 6.45) is 5.76. The third kappa shape index (κ3) is 3.85. The van der Waals surface area contributed by atoms with Crippen molar-refractivity contribution in [3.63, 3.8) is 0 Å². The Morgan fingerprint density at radius 2 is 2.10 bits per heavy atom. The van der Waals surface area contributed by atoms with Crippen molar-refractivity contribution >= 4 is 40.0 Å². The zero-order valence-electron chi connectivity index (χ0n) is 17.5. The molecule has 3 aromatic rings. The summed E-state index contributed by atoms with van der Waals surface area (Å²) in [7, 11) is 0. The highest BCUT2D eigenvalue weighted by molar-refractivity contribution is 6.32. The van der Waals surface area contributed by atoms with Crippen LogP contribution in [0.25, 0.3) is 10.9 Å². The summed E-state index contributed by atoms with van der Waals surface area (Å²) in [4.78, 5) is 23.0. The highest BCUT2D eigenvalue weighted by atomic mass is 35.5. The number of fused-ring (bicyclic) bond motifs is 1. The van der Waals surface area contributed by atoms with Gasteiger partial charge >= 0.3 is 0 Å². The number of halogens is 1. The normalized spacial score (nSPS) is 19.7. The minimum absolute atomic E-state index is 0.116. The fraction of sp³-hybridized carbons (Fsp3) is 0.455. The number of likely N-dealkylation sites (tertiary alicyclic amines) is 1. The lowest BCUT2D eigenvalue weighted by molar-refractivity contribution is -0.138. The molecule has 162 valence electrons. The number of aliphatic hydroxyl groups is 1. The Kier molecular flexibility index (Phi) is 5.06. The Morgan fingerprint density at radius 1 is 1.29 bits per heavy atom. The van der Waals surface area contributed by atoms with Gasteiger partial charge in [-0.2, -0.15) is 5.10 Å². The van der Waals surface area contributed by atoms with Crippen molar-refractivity contribution in [1.29, 1.82) is 0 Å². The molecule has 1 aliphatic heterocycles. The number of hydrogen-bond donors (Lipinski definition) is 2. The Morgan fingerprint density at radius 3 is 2.84 bits per heavy atom. The van der Waals surface area contributed by atoms with Gasteiger partial charge in [-0.25, -0.2) is 9.97 Å². The lowest BCUT2D eigenvalue weighted by Gasteiger charge is -2.19. The summed E-state index contributed by atoms with van der Waals surface area (Å²) in [5, 5.41) is 18.9. The summed E-state index contributed by atoms with van der Waals surface area (Å²) in [6.45, 7) is 4.71. The highest BCUT2D eigenvalue weighted by Gasteiger charge is 2.30. The molecule has 1 aromatic carbocycles. The second kappa shape index (κ2) is 7.76. The van der Waals surface area contributed by atoms with Gasteiger partial charge in [-0.1, -0.05) is 11.6 Å². The summed E-state index contributed by atoms with van der Waals surface area (Å²) in [5.74, 6) is 0.386. The maximum Gasteiger partial charge on any atom is 0.251 e. The average molecular weight is 441 g/mol. The van der Waals surface area contributed by atoms with Crippen molar-refractivity contribution in [3.05, 3.63) is 40.8 Å². The molecule has 31 heavy (non-hydrogen) atoms. The number of rotatable bonds is 5. The van der Waals surface area contributed by atoms with Crippen molar-refractivity contribution in [2.45, 2.75) is 51.2 Å². The molecular weight excluding hydrogens is 416 g/mol. The first kappa shape index (κ1) is 20.2. The Balaban J connectivity index is 1.40. The quantitative estimate of drug-likeness (QED) is 0.629. The lowest BCUT2D eigenvalue weighted by atomic mass is 9.97. The smallest absolute Gasteiger partial charge is 0.251 e. The van der Waals surface area contributed by atoms with Crippen LogP contribution in [-0.4, -0.2) is 54.9 Å². The van der Waals surface area contributed by atoms with E-state index in [4.69, 9.17) is 16.6 Å². The van der Waals surface area contributed by atoms with Gasteiger partial charge in [-0.3, -0.25) is 9.48 Å². The molecule has 0 bridgehead atoms. The van der Waals surface area contributed by atoms with Crippen molar-refractivity contribution in [1.82, 2.24) is 24.6 Å². The molecule has 9 heteroatoms. The summed E-state index contributed by atoms with van der Waals surface area (Å²) in [6, 6.07) is 4.39. The molecule has 2 aromatic heterocycles. The van der Waals surface area contributed by atoms with Gasteiger partial charge in [0.2, 0.25) is 5.95 Å². The monoisotopic (exact) mass is 440 g/mol. The van der Waals surface area contributed by atoms with E-state index in [1.165, 1.54) is 19.8 Å². The zero-order chi connectivity index (χ0) is 21.7. The van der Waals surface area contributed by atoms with Gasteiger partial charge < -0.3 is 15.3 Å². The van der Waals surface area contributed by atoms with Crippen LogP contribution < -0.4 is 5.32 Å². The van der Waals surface area contributed by atoms with Gasteiger partial charge in [-0.15, -0.1) is 0 Å². The van der Waals surface area contributed by atoms with Crippen LogP contribution in [-0.2, 0) is 4.79 Å². The largest absolute Gasteiger partial charge is 0.384 e. The predicted octanol–water partition coefficient (Wildman–Crippen LogP) is 3.56. The first-order chi connectivity index (χ1) is 14.9. The number of carbonyl (C=O) groups is 1. The number of anilines is 2. The maximum atomic E-state index is 12.1. The van der Waals surface area contributed by atoms with Gasteiger partial charge in [0.15, 0.2) is 0 Å². The molecule has 1 saturated heterocycles. The molecule has 2 N–H and O–H groups in total. The number of aliphatic hydroxyl groups excluding tert-OH is 1. The molecule has 2 fully saturated rings. The first-order valence-electron chi connectivity index (χ1n) is 10.6. The number of carbonyl (C=O) groups excluding carboxylic acids is 1. The number of nitrogens with one attached hydrogen (secondary N) is 1. The van der Waals surface area contributed by atoms with E-state index in [9.17, 15) is 9.90 Å². The predicted molar refractivity (Wildman–Crippen MR) is 119 cm³/mol. The molecule has 0 spiro atoms. The maximum absolute atomic E-state index is 12.1. The molecule has 0 radical (unpaired) electrons. The van der Waals surface area contributed by atoms with Crippen LogP contribution >= 0.6 is 11.6 Å². The zero-order valence-corrected chi connectivity index (χ0v) is 18.3. The fourth-order valence-electron chi connectivity index (χ4n) is 4.27. The van der Waals surface area contributed by atoms with Gasteiger partial charge in [0.1, 0.15) is 6.10 Å². The minimum Gasteiger partial charge on any atom is -0.384 e. The van der Waals surface area contributed by atoms with Gasteiger partial charge in [-0.05, 0) is 50.8 Å². The van der Waals surface area contributed by atoms with Gasteiger partial charge in [0, 0.05) is 35.6 Å². The number of hydrogen-bond acceptors (Lipinski definition) is 6. The van der Waals surface area contributed by atoms with Crippen LogP contribution in [0.2, 0.25) is 5.02 Å². The molecular formula is C22H25ClN6O2. The standard InChI is InChI=1S/C22H25ClN6O2/c1-12-20(10-25-29(12)16-3-4-16)27-22-24-9-15-7-18(23)17(8-19(15)26-22)14-5-6-28(11-14)21(31)13(2)30/h7-10,13-14,16,30H,3-6,11H2,1-2H3,(H,24,26,27)/t13-,14?/m1/s1. The summed E-state index contributed by atoms with van der Waals surface area (Å²) < 4.78 is 2.06. The molecule has 5 rings (SSSR count). The van der Waals surface area contributed by atoms with Crippen molar-refractivity contribution in [2.24, 2.45) is 0 Å². The number of benzene rings is 1. The second-order valence-electron chi connectivity index (χ2n) is 8.52. The fourth-order valence-corrected chi connectivity index (χ4v) is 4.60. The van der Waals surface area contributed by atoms with Crippen LogP contribution in [0.3, 0.4) is 0 Å². The molecule has 2 aliphatic rings. The van der Waals surface area contributed by atoms with E-state index in [-0.39, 0.29) is 11.8 Å². The lowest BCUT2D eigenvalue weighted by Crippen LogP contribution is -2.35. The second-order valence-corrected chi connectivity index (χ2v) is 8.92. The molecule has 8 nitrogen and oxygen atoms in total. The van der Waals surface area contributed by atoms with Crippen LogP contribution in [0, 0.1) is 6.92 Å². The molecule has 1 amide bonds. The van der Waals surface area contributed by atoms with Crippen molar-refractivity contribution < 1.29 is 9.90 Å². The Labute approximate surface area is 185 Å². The van der Waals surface area contributed by atoms with E-state index >= 15 is 0 Å². The van der Waals surface area contributed by atoms with Crippen LogP contribution in [0.1, 0.15) is 49.4 Å². The van der Waals surface area contributed by atoms with E-state index in [1.54, 1.807) is 11.1 Å². The summed E-state index contributed by atoms with van der Waals surface area (Å²) >= 11 is 6.57. The van der Waals surface area contributed by atoms with E-state index < -0.39 is 6.10 Å². The van der Waals surface area contributed by atoms with Gasteiger partial charge in [0.05, 0.1) is 29.1 Å². The average Bonchev–Trinajstić information content (AvgIpc) is 3.36. The Bertz CT molecular complexity index is 1160. The van der Waals surface area contributed by atoms with E-state index in [1.807, 2.05) is 25.3 Å². The third-order valence-corrected chi connectivity index (χ3v) is 6.51. The minimum atomic E-state index is -0.986. The molecule has 3 heterocycles. The van der Waals surface area contributed by atoms with Crippen LogP contribution in [0.4, 0.5) is 11.6 Å². The molecule has 2 atom stereocenters. The summed E-state index contributed by atoms with van der Waals surface area (Å²) in [5.41, 5.74) is 3.75. The van der Waals surface area contributed by atoms with Crippen molar-refractivity contribution in [2.75, 3.05) is 18.4 Å². The highest BCUT2D eigenvalue weighted by Crippen LogP contribution is 2.37. The van der Waals surface area contributed by atoms with Crippen LogP contribution in [0.5, 0.6) is 0 Å². The number of nitrogens with zero attached hydrogens (tertiary/aromatic N) is 5. The van der Waals surface area contributed by atoms with E-state index in [0.717, 1.165) is 34.3 Å². The molecule has 1 aliphatic carbocycles. The van der Waals surface area contributed by atoms with Crippen molar-refractivity contribution in [3.8, 4) is 0 Å². The van der Waals surface area contributed by atoms with Crippen LogP contribution in [0.15, 0.2) is 24.5 Å². The molecule has 1 unspecified atom stereocenters.